The van der Waals surface area contributed by atoms with Gasteiger partial charge in [-0.1, -0.05) is 34.1 Å². The van der Waals surface area contributed by atoms with E-state index in [0.717, 1.165) is 24.1 Å². The van der Waals surface area contributed by atoms with Crippen LogP contribution in [0, 0.1) is 5.82 Å². The quantitative estimate of drug-likeness (QED) is 0.722. The van der Waals surface area contributed by atoms with Gasteiger partial charge in [0.1, 0.15) is 5.82 Å². The number of hydrogen-bond donors (Lipinski definition) is 0. The average Bonchev–Trinajstić information content (AvgIpc) is 2.17. The van der Waals surface area contributed by atoms with Gasteiger partial charge in [0.2, 0.25) is 0 Å². The molecular weight excluding hydrogens is 189 g/mol. The van der Waals surface area contributed by atoms with Crippen LogP contribution in [-0.4, -0.2) is 4.98 Å². The van der Waals surface area contributed by atoms with Gasteiger partial charge in [-0.05, 0) is 29.9 Å². The molecule has 0 aliphatic carbocycles. The molecule has 0 fully saturated rings. The Morgan fingerprint density at radius 1 is 1.33 bits per heavy atom. The molecule has 1 aromatic rings. The monoisotopic (exact) mass is 209 g/mol. The molecule has 84 valence electrons. The topological polar surface area (TPSA) is 12.9 Å². The third kappa shape index (κ3) is 3.01. The normalized spacial score (nSPS) is 13.2. The summed E-state index contributed by atoms with van der Waals surface area (Å²) in [6, 6.07) is 1.62. The van der Waals surface area contributed by atoms with E-state index in [2.05, 4.69) is 32.7 Å². The van der Waals surface area contributed by atoms with Crippen LogP contribution in [0.1, 0.15) is 63.6 Å². The van der Waals surface area contributed by atoms with Gasteiger partial charge >= 0.3 is 0 Å². The first kappa shape index (κ1) is 12.2. The van der Waals surface area contributed by atoms with E-state index in [1.54, 1.807) is 6.07 Å². The zero-order chi connectivity index (χ0) is 11.4. The highest BCUT2D eigenvalue weighted by atomic mass is 19.1. The molecule has 1 nitrogen and oxygen atoms in total. The Hall–Kier alpha value is -0.920. The Labute approximate surface area is 91.7 Å². The van der Waals surface area contributed by atoms with E-state index in [0.29, 0.717) is 11.8 Å². The molecule has 0 spiro atoms. The van der Waals surface area contributed by atoms with Gasteiger partial charge < -0.3 is 0 Å². The van der Waals surface area contributed by atoms with Gasteiger partial charge in [0.05, 0.1) is 6.20 Å². The largest absolute Gasteiger partial charge is 0.258 e. The predicted molar refractivity (Wildman–Crippen MR) is 61.6 cm³/mol. The van der Waals surface area contributed by atoms with Crippen molar-refractivity contribution < 1.29 is 4.39 Å². The molecule has 0 aliphatic heterocycles. The van der Waals surface area contributed by atoms with Gasteiger partial charge in [0, 0.05) is 5.69 Å². The van der Waals surface area contributed by atoms with E-state index < -0.39 is 0 Å². The summed E-state index contributed by atoms with van der Waals surface area (Å²) < 4.78 is 13.1. The lowest BCUT2D eigenvalue weighted by Gasteiger charge is -2.16. The molecule has 0 aromatic carbocycles. The highest BCUT2D eigenvalue weighted by Crippen LogP contribution is 2.27. The van der Waals surface area contributed by atoms with Crippen molar-refractivity contribution in [1.29, 1.82) is 0 Å². The molecule has 1 rings (SSSR count). The molecule has 0 amide bonds. The summed E-state index contributed by atoms with van der Waals surface area (Å²) in [5.74, 6) is 0.529. The molecule has 1 aromatic heterocycles. The van der Waals surface area contributed by atoms with Crippen LogP contribution in [-0.2, 0) is 0 Å². The fourth-order valence-corrected chi connectivity index (χ4v) is 1.91. The fraction of sp³-hybridized carbons (Fsp3) is 0.615. The van der Waals surface area contributed by atoms with Crippen molar-refractivity contribution in [2.24, 2.45) is 0 Å². The van der Waals surface area contributed by atoms with Crippen molar-refractivity contribution in [3.8, 4) is 0 Å². The van der Waals surface area contributed by atoms with Crippen LogP contribution in [0.3, 0.4) is 0 Å². The molecule has 1 atom stereocenters. The lowest BCUT2D eigenvalue weighted by Crippen LogP contribution is -2.05. The van der Waals surface area contributed by atoms with E-state index in [4.69, 9.17) is 0 Å². The molecule has 0 saturated heterocycles. The second-order valence-electron chi connectivity index (χ2n) is 4.47. The Bertz CT molecular complexity index is 320. The standard InChI is InChI=1S/C13H20FN/c1-5-6-10(4)13-12(9(2)3)7-11(14)8-15-13/h7-10H,5-6H2,1-4H3. The summed E-state index contributed by atoms with van der Waals surface area (Å²) >= 11 is 0. The fourth-order valence-electron chi connectivity index (χ4n) is 1.91. The highest BCUT2D eigenvalue weighted by Gasteiger charge is 2.14. The zero-order valence-corrected chi connectivity index (χ0v) is 10.0. The van der Waals surface area contributed by atoms with Crippen LogP contribution in [0.5, 0.6) is 0 Å². The van der Waals surface area contributed by atoms with Crippen LogP contribution in [0.2, 0.25) is 0 Å². The zero-order valence-electron chi connectivity index (χ0n) is 10.0. The predicted octanol–water partition coefficient (Wildman–Crippen LogP) is 4.25. The van der Waals surface area contributed by atoms with E-state index in [9.17, 15) is 4.39 Å². The summed E-state index contributed by atoms with van der Waals surface area (Å²) in [5.41, 5.74) is 2.12. The number of pyridine rings is 1. The van der Waals surface area contributed by atoms with Gasteiger partial charge in [-0.15, -0.1) is 0 Å². The van der Waals surface area contributed by atoms with Crippen molar-refractivity contribution in [3.05, 3.63) is 29.3 Å². The first-order valence-electron chi connectivity index (χ1n) is 5.71. The maximum Gasteiger partial charge on any atom is 0.141 e. The van der Waals surface area contributed by atoms with Crippen LogP contribution in [0.4, 0.5) is 4.39 Å². The first-order valence-corrected chi connectivity index (χ1v) is 5.71. The lowest BCUT2D eigenvalue weighted by molar-refractivity contribution is 0.592. The summed E-state index contributed by atoms with van der Waals surface area (Å²) in [6.45, 7) is 8.49. The molecule has 0 radical (unpaired) electrons. The minimum absolute atomic E-state index is 0.230. The van der Waals surface area contributed by atoms with Crippen LogP contribution in [0.15, 0.2) is 12.3 Å². The second kappa shape index (κ2) is 5.24. The van der Waals surface area contributed by atoms with Crippen molar-refractivity contribution >= 4 is 0 Å². The third-order valence-electron chi connectivity index (χ3n) is 2.73. The highest BCUT2D eigenvalue weighted by molar-refractivity contribution is 5.26. The summed E-state index contributed by atoms with van der Waals surface area (Å²) in [4.78, 5) is 4.24. The third-order valence-corrected chi connectivity index (χ3v) is 2.73. The molecule has 15 heavy (non-hydrogen) atoms. The molecule has 0 aliphatic rings. The molecule has 0 saturated carbocycles. The van der Waals surface area contributed by atoms with Crippen molar-refractivity contribution in [3.63, 3.8) is 0 Å². The van der Waals surface area contributed by atoms with Crippen molar-refractivity contribution in [1.82, 2.24) is 4.98 Å². The molecular formula is C13H20FN. The van der Waals surface area contributed by atoms with Gasteiger partial charge in [0.15, 0.2) is 0 Å². The van der Waals surface area contributed by atoms with Crippen LogP contribution in [0.25, 0.3) is 0 Å². The lowest BCUT2D eigenvalue weighted by atomic mass is 9.92. The van der Waals surface area contributed by atoms with Gasteiger partial charge in [-0.2, -0.15) is 0 Å². The van der Waals surface area contributed by atoms with E-state index >= 15 is 0 Å². The Kier molecular flexibility index (Phi) is 4.25. The SMILES string of the molecule is CCCC(C)c1ncc(F)cc1C(C)C. The number of rotatable bonds is 4. The van der Waals surface area contributed by atoms with Gasteiger partial charge in [-0.3, -0.25) is 4.98 Å². The number of halogens is 1. The molecule has 1 unspecified atom stereocenters. The van der Waals surface area contributed by atoms with Crippen LogP contribution >= 0.6 is 0 Å². The average molecular weight is 209 g/mol. The maximum atomic E-state index is 13.1. The second-order valence-corrected chi connectivity index (χ2v) is 4.47. The molecule has 0 bridgehead atoms. The van der Waals surface area contributed by atoms with E-state index in [-0.39, 0.29) is 5.82 Å². The maximum absolute atomic E-state index is 13.1. The number of nitrogens with zero attached hydrogens (tertiary/aromatic N) is 1. The Morgan fingerprint density at radius 2 is 2.00 bits per heavy atom. The number of hydrogen-bond acceptors (Lipinski definition) is 1. The van der Waals surface area contributed by atoms with Gasteiger partial charge in [0.25, 0.3) is 0 Å². The van der Waals surface area contributed by atoms with Crippen molar-refractivity contribution in [2.45, 2.75) is 52.4 Å². The smallest absolute Gasteiger partial charge is 0.141 e. The minimum Gasteiger partial charge on any atom is -0.258 e. The summed E-state index contributed by atoms with van der Waals surface area (Å²) in [7, 11) is 0. The molecule has 0 N–H and O–H groups in total. The summed E-state index contributed by atoms with van der Waals surface area (Å²) in [5, 5.41) is 0. The molecule has 2 heteroatoms. The summed E-state index contributed by atoms with van der Waals surface area (Å²) in [6.07, 6.45) is 3.57. The number of aromatic nitrogens is 1. The minimum atomic E-state index is -0.230. The first-order chi connectivity index (χ1) is 7.06. The molecule has 1 heterocycles. The van der Waals surface area contributed by atoms with Gasteiger partial charge in [-0.25, -0.2) is 4.39 Å². The Balaban J connectivity index is 3.05. The van der Waals surface area contributed by atoms with Crippen LogP contribution < -0.4 is 0 Å². The van der Waals surface area contributed by atoms with E-state index in [1.807, 2.05) is 0 Å². The van der Waals surface area contributed by atoms with E-state index in [1.165, 1.54) is 6.20 Å². The Morgan fingerprint density at radius 3 is 2.53 bits per heavy atom. The van der Waals surface area contributed by atoms with Crippen molar-refractivity contribution in [2.75, 3.05) is 0 Å².